The summed E-state index contributed by atoms with van der Waals surface area (Å²) in [7, 11) is 1.67. The van der Waals surface area contributed by atoms with Gasteiger partial charge >= 0.3 is 0 Å². The highest BCUT2D eigenvalue weighted by atomic mass is 16.5. The fourth-order valence-electron chi connectivity index (χ4n) is 2.77. The number of β-amino-alcohol motifs (C(OH)–C–C–N with tert-alkyl or cyclic N) is 1. The molecule has 3 unspecified atom stereocenters. The Bertz CT molecular complexity index is 394. The fourth-order valence-corrected chi connectivity index (χ4v) is 2.77. The molecule has 19 heavy (non-hydrogen) atoms. The predicted octanol–water partition coefficient (Wildman–Crippen LogP) is 1.54. The summed E-state index contributed by atoms with van der Waals surface area (Å²) in [5.41, 5.74) is 7.49. The molecule has 1 aromatic rings. The molecule has 1 saturated heterocycles. The van der Waals surface area contributed by atoms with Gasteiger partial charge in [0.15, 0.2) is 0 Å². The van der Waals surface area contributed by atoms with Gasteiger partial charge < -0.3 is 15.6 Å². The van der Waals surface area contributed by atoms with E-state index in [1.165, 1.54) is 5.56 Å². The minimum atomic E-state index is -0.218. The highest BCUT2D eigenvalue weighted by Gasteiger charge is 2.31. The molecule has 106 valence electrons. The molecule has 0 aromatic heterocycles. The Morgan fingerprint density at radius 1 is 1.42 bits per heavy atom. The molecule has 3 atom stereocenters. The van der Waals surface area contributed by atoms with Crippen molar-refractivity contribution in [2.75, 3.05) is 20.2 Å². The minimum absolute atomic E-state index is 0.0821. The molecule has 1 heterocycles. The summed E-state index contributed by atoms with van der Waals surface area (Å²) in [5, 5.41) is 9.73. The summed E-state index contributed by atoms with van der Waals surface area (Å²) in [4.78, 5) is 2.29. The molecule has 0 spiro atoms. The van der Waals surface area contributed by atoms with Gasteiger partial charge in [0.2, 0.25) is 0 Å². The maximum Gasteiger partial charge on any atom is 0.118 e. The average Bonchev–Trinajstić information content (AvgIpc) is 2.86. The maximum atomic E-state index is 9.73. The quantitative estimate of drug-likeness (QED) is 0.847. The molecule has 2 rings (SSSR count). The number of aliphatic hydroxyl groups excluding tert-OH is 1. The SMILES string of the molecule is CCC(N)C(c1ccc(OC)cc1)N1CCC(O)C1. The van der Waals surface area contributed by atoms with Gasteiger partial charge in [0.25, 0.3) is 0 Å². The van der Waals surface area contributed by atoms with E-state index in [2.05, 4.69) is 24.0 Å². The van der Waals surface area contributed by atoms with Gasteiger partial charge in [-0.2, -0.15) is 0 Å². The Labute approximate surface area is 115 Å². The monoisotopic (exact) mass is 264 g/mol. The van der Waals surface area contributed by atoms with Crippen LogP contribution >= 0.6 is 0 Å². The topological polar surface area (TPSA) is 58.7 Å². The van der Waals surface area contributed by atoms with E-state index in [-0.39, 0.29) is 18.2 Å². The van der Waals surface area contributed by atoms with Crippen LogP contribution in [0, 0.1) is 0 Å². The van der Waals surface area contributed by atoms with Crippen LogP contribution in [-0.4, -0.2) is 42.4 Å². The van der Waals surface area contributed by atoms with Crippen molar-refractivity contribution in [3.63, 3.8) is 0 Å². The molecule has 1 aromatic carbocycles. The van der Waals surface area contributed by atoms with Crippen LogP contribution in [0.15, 0.2) is 24.3 Å². The zero-order valence-corrected chi connectivity index (χ0v) is 11.7. The van der Waals surface area contributed by atoms with Crippen LogP contribution in [0.25, 0.3) is 0 Å². The Balaban J connectivity index is 2.21. The summed E-state index contributed by atoms with van der Waals surface area (Å²) < 4.78 is 5.19. The van der Waals surface area contributed by atoms with Crippen molar-refractivity contribution in [3.8, 4) is 5.75 Å². The van der Waals surface area contributed by atoms with Gasteiger partial charge in [-0.25, -0.2) is 0 Å². The lowest BCUT2D eigenvalue weighted by molar-refractivity contribution is 0.148. The molecule has 3 N–H and O–H groups in total. The molecular weight excluding hydrogens is 240 g/mol. The number of nitrogens with two attached hydrogens (primary N) is 1. The molecule has 4 heteroatoms. The molecule has 0 aliphatic carbocycles. The zero-order valence-electron chi connectivity index (χ0n) is 11.7. The molecular formula is C15H24N2O2. The number of likely N-dealkylation sites (tertiary alicyclic amines) is 1. The molecule has 1 fully saturated rings. The van der Waals surface area contributed by atoms with Crippen LogP contribution in [0.2, 0.25) is 0 Å². The molecule has 1 aliphatic rings. The van der Waals surface area contributed by atoms with Gasteiger partial charge in [-0.15, -0.1) is 0 Å². The van der Waals surface area contributed by atoms with E-state index in [0.717, 1.165) is 25.1 Å². The Morgan fingerprint density at radius 3 is 2.58 bits per heavy atom. The molecule has 0 saturated carbocycles. The molecule has 0 amide bonds. The molecule has 1 aliphatic heterocycles. The lowest BCUT2D eigenvalue weighted by atomic mass is 9.96. The smallest absolute Gasteiger partial charge is 0.118 e. The Kier molecular flexibility index (Phi) is 4.80. The van der Waals surface area contributed by atoms with Crippen LogP contribution in [0.3, 0.4) is 0 Å². The fraction of sp³-hybridized carbons (Fsp3) is 0.600. The largest absolute Gasteiger partial charge is 0.497 e. The van der Waals surface area contributed by atoms with Crippen LogP contribution in [-0.2, 0) is 0 Å². The second-order valence-electron chi connectivity index (χ2n) is 5.23. The van der Waals surface area contributed by atoms with E-state index in [1.54, 1.807) is 7.11 Å². The first kappa shape index (κ1) is 14.3. The standard InChI is InChI=1S/C15H24N2O2/c1-3-14(16)15(17-9-8-12(18)10-17)11-4-6-13(19-2)7-5-11/h4-7,12,14-15,18H,3,8-10,16H2,1-2H3. The number of methoxy groups -OCH3 is 1. The minimum Gasteiger partial charge on any atom is -0.497 e. The van der Waals surface area contributed by atoms with Crippen molar-refractivity contribution >= 4 is 0 Å². The molecule has 0 radical (unpaired) electrons. The van der Waals surface area contributed by atoms with Crippen molar-refractivity contribution in [2.45, 2.75) is 38.0 Å². The van der Waals surface area contributed by atoms with Crippen LogP contribution < -0.4 is 10.5 Å². The van der Waals surface area contributed by atoms with E-state index in [0.29, 0.717) is 6.54 Å². The second kappa shape index (κ2) is 6.37. The highest BCUT2D eigenvalue weighted by molar-refractivity contribution is 5.30. The Morgan fingerprint density at radius 2 is 2.11 bits per heavy atom. The van der Waals surface area contributed by atoms with Crippen LogP contribution in [0.4, 0.5) is 0 Å². The lowest BCUT2D eigenvalue weighted by Crippen LogP contribution is -2.40. The summed E-state index contributed by atoms with van der Waals surface area (Å²) in [6.45, 7) is 3.73. The van der Waals surface area contributed by atoms with Crippen molar-refractivity contribution in [1.82, 2.24) is 4.90 Å². The summed E-state index contributed by atoms with van der Waals surface area (Å²) in [5.74, 6) is 0.856. The first-order valence-electron chi connectivity index (χ1n) is 6.97. The van der Waals surface area contributed by atoms with Crippen LogP contribution in [0.1, 0.15) is 31.4 Å². The predicted molar refractivity (Wildman–Crippen MR) is 76.2 cm³/mol. The van der Waals surface area contributed by atoms with Gasteiger partial charge in [-0.3, -0.25) is 4.90 Å². The number of hydrogen-bond donors (Lipinski definition) is 2. The summed E-state index contributed by atoms with van der Waals surface area (Å²) in [6.07, 6.45) is 1.54. The summed E-state index contributed by atoms with van der Waals surface area (Å²) >= 11 is 0. The number of rotatable bonds is 5. The number of ether oxygens (including phenoxy) is 1. The first-order valence-corrected chi connectivity index (χ1v) is 6.97. The molecule has 0 bridgehead atoms. The molecule has 4 nitrogen and oxygen atoms in total. The number of hydrogen-bond acceptors (Lipinski definition) is 4. The normalized spacial score (nSPS) is 23.3. The van der Waals surface area contributed by atoms with Gasteiger partial charge in [-0.05, 0) is 30.5 Å². The van der Waals surface area contributed by atoms with E-state index in [9.17, 15) is 5.11 Å². The third-order valence-corrected chi connectivity index (χ3v) is 3.92. The van der Waals surface area contributed by atoms with Gasteiger partial charge in [0.05, 0.1) is 13.2 Å². The number of nitrogens with zero attached hydrogens (tertiary/aromatic N) is 1. The van der Waals surface area contributed by atoms with E-state index in [4.69, 9.17) is 10.5 Å². The van der Waals surface area contributed by atoms with E-state index < -0.39 is 0 Å². The summed E-state index contributed by atoms with van der Waals surface area (Å²) in [6, 6.07) is 8.34. The second-order valence-corrected chi connectivity index (χ2v) is 5.23. The van der Waals surface area contributed by atoms with Crippen molar-refractivity contribution < 1.29 is 9.84 Å². The lowest BCUT2D eigenvalue weighted by Gasteiger charge is -2.32. The first-order chi connectivity index (χ1) is 9.15. The Hall–Kier alpha value is -1.10. The third kappa shape index (κ3) is 3.26. The number of benzene rings is 1. The van der Waals surface area contributed by atoms with Crippen LogP contribution in [0.5, 0.6) is 5.75 Å². The van der Waals surface area contributed by atoms with E-state index in [1.807, 2.05) is 12.1 Å². The number of aliphatic hydroxyl groups is 1. The van der Waals surface area contributed by atoms with Gasteiger partial charge in [-0.1, -0.05) is 19.1 Å². The van der Waals surface area contributed by atoms with E-state index >= 15 is 0 Å². The van der Waals surface area contributed by atoms with Gasteiger partial charge in [0, 0.05) is 25.2 Å². The van der Waals surface area contributed by atoms with Crippen molar-refractivity contribution in [3.05, 3.63) is 29.8 Å². The zero-order chi connectivity index (χ0) is 13.8. The highest BCUT2D eigenvalue weighted by Crippen LogP contribution is 2.29. The van der Waals surface area contributed by atoms with Crippen molar-refractivity contribution in [2.24, 2.45) is 5.73 Å². The third-order valence-electron chi connectivity index (χ3n) is 3.92. The van der Waals surface area contributed by atoms with Crippen molar-refractivity contribution in [1.29, 1.82) is 0 Å². The van der Waals surface area contributed by atoms with Gasteiger partial charge in [0.1, 0.15) is 5.75 Å². The maximum absolute atomic E-state index is 9.73. The average molecular weight is 264 g/mol.